The van der Waals surface area contributed by atoms with Crippen LogP contribution in [0.15, 0.2) is 16.6 Å². The van der Waals surface area contributed by atoms with Crippen molar-refractivity contribution < 1.29 is 14.1 Å². The van der Waals surface area contributed by atoms with Gasteiger partial charge in [0.15, 0.2) is 0 Å². The number of nitro groups is 1. The van der Waals surface area contributed by atoms with E-state index >= 15 is 0 Å². The van der Waals surface area contributed by atoms with Crippen LogP contribution in [0, 0.1) is 21.3 Å². The molecule has 0 spiro atoms. The highest BCUT2D eigenvalue weighted by Crippen LogP contribution is 2.34. The van der Waals surface area contributed by atoms with Crippen LogP contribution in [0.25, 0.3) is 0 Å². The van der Waals surface area contributed by atoms with E-state index in [9.17, 15) is 14.5 Å². The highest BCUT2D eigenvalue weighted by atomic mass is 79.9. The molecule has 7 heteroatoms. The van der Waals surface area contributed by atoms with E-state index in [-0.39, 0.29) is 21.3 Å². The van der Waals surface area contributed by atoms with Crippen LogP contribution in [0.5, 0.6) is 0 Å². The number of hydrogen-bond donors (Lipinski definition) is 1. The summed E-state index contributed by atoms with van der Waals surface area (Å²) < 4.78 is 19.0. The molecule has 5 nitrogen and oxygen atoms in total. The van der Waals surface area contributed by atoms with Gasteiger partial charge in [-0.2, -0.15) is 0 Å². The number of benzene rings is 1. The Morgan fingerprint density at radius 2 is 2.15 bits per heavy atom. The molecule has 0 unspecified atom stereocenters. The van der Waals surface area contributed by atoms with Crippen molar-refractivity contribution in [1.82, 2.24) is 0 Å². The predicted molar refractivity (Wildman–Crippen MR) is 77.4 cm³/mol. The molecule has 0 amide bonds. The summed E-state index contributed by atoms with van der Waals surface area (Å²) in [6.07, 6.45) is 1.76. The minimum Gasteiger partial charge on any atom is -0.381 e. The lowest BCUT2D eigenvalue weighted by molar-refractivity contribution is -0.384. The first-order chi connectivity index (χ1) is 9.41. The molecule has 1 saturated heterocycles. The third-order valence-electron chi connectivity index (χ3n) is 3.64. The molecule has 0 bridgehead atoms. The highest BCUT2D eigenvalue weighted by molar-refractivity contribution is 9.10. The molecule has 0 atom stereocenters. The number of nitrogens with zero attached hydrogens (tertiary/aromatic N) is 1. The minimum absolute atomic E-state index is 0.00959. The van der Waals surface area contributed by atoms with Crippen LogP contribution in [0.3, 0.4) is 0 Å². The summed E-state index contributed by atoms with van der Waals surface area (Å²) in [5.74, 6) is -0.518. The monoisotopic (exact) mass is 346 g/mol. The summed E-state index contributed by atoms with van der Waals surface area (Å²) >= 11 is 2.96. The second kappa shape index (κ2) is 6.05. The normalized spacial score (nSPS) is 17.8. The zero-order valence-electron chi connectivity index (χ0n) is 11.1. The maximum Gasteiger partial charge on any atom is 0.293 e. The molecule has 20 heavy (non-hydrogen) atoms. The quantitative estimate of drug-likeness (QED) is 0.666. The number of anilines is 1. The van der Waals surface area contributed by atoms with E-state index in [4.69, 9.17) is 4.74 Å². The number of nitrogens with one attached hydrogen (secondary N) is 1. The standard InChI is InChI=1S/C13H16BrFN2O3/c1-13(2-4-20-5-3-13)8-16-11-7-10(15)9(14)6-12(11)17(18)19/h6-7,16H,2-5,8H2,1H3. The summed E-state index contributed by atoms with van der Waals surface area (Å²) in [4.78, 5) is 10.5. The average Bonchev–Trinajstić information content (AvgIpc) is 2.40. The molecule has 1 aromatic carbocycles. The Morgan fingerprint density at radius 1 is 1.50 bits per heavy atom. The van der Waals surface area contributed by atoms with Crippen molar-refractivity contribution in [2.24, 2.45) is 5.41 Å². The summed E-state index contributed by atoms with van der Waals surface area (Å²) in [7, 11) is 0. The van der Waals surface area contributed by atoms with Crippen LogP contribution in [-0.4, -0.2) is 24.7 Å². The molecule has 0 saturated carbocycles. The highest BCUT2D eigenvalue weighted by Gasteiger charge is 2.28. The van der Waals surface area contributed by atoms with E-state index in [1.54, 1.807) is 0 Å². The molecule has 1 N–H and O–H groups in total. The lowest BCUT2D eigenvalue weighted by atomic mass is 9.82. The Hall–Kier alpha value is -1.21. The Kier molecular flexibility index (Phi) is 4.59. The van der Waals surface area contributed by atoms with Crippen LogP contribution >= 0.6 is 15.9 Å². The zero-order valence-corrected chi connectivity index (χ0v) is 12.7. The number of hydrogen-bond acceptors (Lipinski definition) is 4. The van der Waals surface area contributed by atoms with Gasteiger partial charge in [0.1, 0.15) is 11.5 Å². The molecule has 2 rings (SSSR count). The van der Waals surface area contributed by atoms with Gasteiger partial charge in [-0.15, -0.1) is 0 Å². The molecule has 1 aliphatic heterocycles. The number of ether oxygens (including phenoxy) is 1. The molecule has 0 aromatic heterocycles. The summed E-state index contributed by atoms with van der Waals surface area (Å²) in [5, 5.41) is 14.0. The first-order valence-corrected chi connectivity index (χ1v) is 7.16. The second-order valence-corrected chi connectivity index (χ2v) is 6.17. The Labute approximate surface area is 124 Å². The van der Waals surface area contributed by atoms with Gasteiger partial charge in [-0.25, -0.2) is 4.39 Å². The van der Waals surface area contributed by atoms with E-state index in [0.717, 1.165) is 18.9 Å². The molecular weight excluding hydrogens is 331 g/mol. The minimum atomic E-state index is -0.518. The van der Waals surface area contributed by atoms with E-state index in [1.807, 2.05) is 0 Å². The molecule has 1 fully saturated rings. The van der Waals surface area contributed by atoms with E-state index < -0.39 is 10.7 Å². The van der Waals surface area contributed by atoms with Gasteiger partial charge >= 0.3 is 0 Å². The fraction of sp³-hybridized carbons (Fsp3) is 0.538. The number of rotatable bonds is 4. The molecule has 1 heterocycles. The van der Waals surface area contributed by atoms with E-state index in [0.29, 0.717) is 19.8 Å². The van der Waals surface area contributed by atoms with Gasteiger partial charge in [0.05, 0.1) is 9.40 Å². The molecule has 1 aromatic rings. The van der Waals surface area contributed by atoms with Gasteiger partial charge < -0.3 is 10.1 Å². The van der Waals surface area contributed by atoms with Gasteiger partial charge in [0.2, 0.25) is 0 Å². The van der Waals surface area contributed by atoms with Crippen LogP contribution < -0.4 is 5.32 Å². The second-order valence-electron chi connectivity index (χ2n) is 5.32. The average molecular weight is 347 g/mol. The Balaban J connectivity index is 2.16. The summed E-state index contributed by atoms with van der Waals surface area (Å²) in [6.45, 7) is 4.03. The van der Waals surface area contributed by atoms with Gasteiger partial charge in [0, 0.05) is 31.9 Å². The van der Waals surface area contributed by atoms with E-state index in [2.05, 4.69) is 28.2 Å². The fourth-order valence-electron chi connectivity index (χ4n) is 2.18. The maximum atomic E-state index is 13.6. The summed E-state index contributed by atoms with van der Waals surface area (Å²) in [5.41, 5.74) is 0.0905. The Bertz CT molecular complexity index is 519. The van der Waals surface area contributed by atoms with Crippen LogP contribution in [-0.2, 0) is 4.74 Å². The number of halogens is 2. The molecular formula is C13H16BrFN2O3. The molecule has 1 aliphatic rings. The zero-order chi connectivity index (χ0) is 14.8. The first-order valence-electron chi connectivity index (χ1n) is 6.36. The van der Waals surface area contributed by atoms with Crippen molar-refractivity contribution in [2.45, 2.75) is 19.8 Å². The van der Waals surface area contributed by atoms with Crippen molar-refractivity contribution >= 4 is 27.3 Å². The van der Waals surface area contributed by atoms with E-state index in [1.165, 1.54) is 6.07 Å². The van der Waals surface area contributed by atoms with Crippen molar-refractivity contribution in [3.63, 3.8) is 0 Å². The molecule has 0 aliphatic carbocycles. The lowest BCUT2D eigenvalue weighted by Gasteiger charge is -2.33. The molecule has 110 valence electrons. The van der Waals surface area contributed by atoms with Crippen LogP contribution in [0.4, 0.5) is 15.8 Å². The summed E-state index contributed by atoms with van der Waals surface area (Å²) in [6, 6.07) is 2.34. The first kappa shape index (κ1) is 15.2. The van der Waals surface area contributed by atoms with Crippen molar-refractivity contribution in [2.75, 3.05) is 25.1 Å². The van der Waals surface area contributed by atoms with Crippen molar-refractivity contribution in [3.8, 4) is 0 Å². The van der Waals surface area contributed by atoms with Crippen molar-refractivity contribution in [1.29, 1.82) is 0 Å². The largest absolute Gasteiger partial charge is 0.381 e. The smallest absolute Gasteiger partial charge is 0.293 e. The third kappa shape index (κ3) is 3.46. The maximum absolute atomic E-state index is 13.6. The predicted octanol–water partition coefficient (Wildman–Crippen LogP) is 3.73. The Morgan fingerprint density at radius 3 is 2.75 bits per heavy atom. The van der Waals surface area contributed by atoms with Crippen LogP contribution in [0.1, 0.15) is 19.8 Å². The third-order valence-corrected chi connectivity index (χ3v) is 4.25. The van der Waals surface area contributed by atoms with Gasteiger partial charge in [0.25, 0.3) is 5.69 Å². The lowest BCUT2D eigenvalue weighted by Crippen LogP contribution is -2.33. The topological polar surface area (TPSA) is 64.4 Å². The molecule has 0 radical (unpaired) electrons. The van der Waals surface area contributed by atoms with Gasteiger partial charge in [-0.3, -0.25) is 10.1 Å². The van der Waals surface area contributed by atoms with Gasteiger partial charge in [-0.05, 0) is 34.2 Å². The van der Waals surface area contributed by atoms with Gasteiger partial charge in [-0.1, -0.05) is 6.92 Å². The van der Waals surface area contributed by atoms with Crippen molar-refractivity contribution in [3.05, 3.63) is 32.5 Å². The fourth-order valence-corrected chi connectivity index (χ4v) is 2.51. The van der Waals surface area contributed by atoms with Crippen LogP contribution in [0.2, 0.25) is 0 Å². The number of nitro benzene ring substituents is 1. The SMILES string of the molecule is CC1(CNc2cc(F)c(Br)cc2[N+](=O)[O-])CCOCC1.